The number of ether oxygens (including phenoxy) is 2. The molecule has 0 saturated heterocycles. The summed E-state index contributed by atoms with van der Waals surface area (Å²) >= 11 is 0. The molecule has 0 aliphatic carbocycles. The zero-order valence-electron chi connectivity index (χ0n) is 15.9. The minimum Gasteiger partial charge on any atom is -0.469 e. The molecule has 0 N–H and O–H groups in total. The minimum absolute atomic E-state index is 0.107. The number of esters is 2. The molecule has 28 heavy (non-hydrogen) atoms. The number of nitriles is 1. The normalized spacial score (nSPS) is 11.2. The van der Waals surface area contributed by atoms with E-state index in [1.807, 2.05) is 60.7 Å². The van der Waals surface area contributed by atoms with Crippen LogP contribution in [0.1, 0.15) is 24.0 Å². The molecule has 144 valence electrons. The molecular weight excluding hydrogens is 356 g/mol. The number of hydrogen-bond acceptors (Lipinski definition) is 6. The van der Waals surface area contributed by atoms with E-state index in [1.54, 1.807) is 0 Å². The van der Waals surface area contributed by atoms with Gasteiger partial charge in [0.2, 0.25) is 0 Å². The van der Waals surface area contributed by atoms with Crippen LogP contribution in [-0.4, -0.2) is 37.9 Å². The highest BCUT2D eigenvalue weighted by molar-refractivity contribution is 6.13. The van der Waals surface area contributed by atoms with E-state index in [9.17, 15) is 14.9 Å². The topological polar surface area (TPSA) is 88.8 Å². The molecule has 1 atom stereocenters. The molecule has 0 fully saturated rings. The summed E-state index contributed by atoms with van der Waals surface area (Å²) in [5, 5.41) is 9.75. The molecule has 2 rings (SSSR count). The third-order valence-corrected chi connectivity index (χ3v) is 4.25. The summed E-state index contributed by atoms with van der Waals surface area (Å²) < 4.78 is 9.43. The fraction of sp³-hybridized carbons (Fsp3) is 0.273. The molecule has 6 heteroatoms. The number of hydrogen-bond donors (Lipinski definition) is 0. The molecule has 1 unspecified atom stereocenters. The Morgan fingerprint density at radius 1 is 0.893 bits per heavy atom. The SMILES string of the molecule is COC(=O)CC(CC(=O)OC)C(C#N)N=C(c1ccccc1)c1ccccc1. The van der Waals surface area contributed by atoms with Crippen LogP contribution < -0.4 is 0 Å². The first kappa shape index (κ1) is 20.8. The van der Waals surface area contributed by atoms with Crippen molar-refractivity contribution in [3.05, 3.63) is 71.8 Å². The lowest BCUT2D eigenvalue weighted by molar-refractivity contribution is -0.144. The lowest BCUT2D eigenvalue weighted by atomic mass is 9.92. The van der Waals surface area contributed by atoms with Gasteiger partial charge in [-0.25, -0.2) is 0 Å². The van der Waals surface area contributed by atoms with E-state index in [4.69, 9.17) is 9.47 Å². The van der Waals surface area contributed by atoms with Gasteiger partial charge in [0.15, 0.2) is 0 Å². The fourth-order valence-electron chi connectivity index (χ4n) is 2.78. The maximum Gasteiger partial charge on any atom is 0.305 e. The van der Waals surface area contributed by atoms with Crippen molar-refractivity contribution in [3.8, 4) is 6.07 Å². The average Bonchev–Trinajstić information content (AvgIpc) is 2.75. The number of aliphatic imine (C=N–C) groups is 1. The molecule has 0 saturated carbocycles. The van der Waals surface area contributed by atoms with E-state index >= 15 is 0 Å². The van der Waals surface area contributed by atoms with Gasteiger partial charge in [0.05, 0.1) is 38.8 Å². The third kappa shape index (κ3) is 5.78. The Kier molecular flexibility index (Phi) is 7.92. The van der Waals surface area contributed by atoms with Crippen LogP contribution in [0.3, 0.4) is 0 Å². The maximum atomic E-state index is 11.8. The predicted molar refractivity (Wildman–Crippen MR) is 105 cm³/mol. The van der Waals surface area contributed by atoms with Gasteiger partial charge in [-0.15, -0.1) is 0 Å². The summed E-state index contributed by atoms with van der Waals surface area (Å²) in [5.41, 5.74) is 2.29. The fourth-order valence-corrected chi connectivity index (χ4v) is 2.78. The number of carbonyl (C=O) groups excluding carboxylic acids is 2. The minimum atomic E-state index is -0.923. The quantitative estimate of drug-likeness (QED) is 0.520. The smallest absolute Gasteiger partial charge is 0.305 e. The lowest BCUT2D eigenvalue weighted by Gasteiger charge is -2.19. The lowest BCUT2D eigenvalue weighted by Crippen LogP contribution is -2.26. The molecule has 0 spiro atoms. The van der Waals surface area contributed by atoms with Gasteiger partial charge >= 0.3 is 11.9 Å². The summed E-state index contributed by atoms with van der Waals surface area (Å²) in [5.74, 6) is -1.68. The molecule has 0 radical (unpaired) electrons. The van der Waals surface area contributed by atoms with Crippen molar-refractivity contribution >= 4 is 17.7 Å². The van der Waals surface area contributed by atoms with Gasteiger partial charge in [-0.05, 0) is 0 Å². The van der Waals surface area contributed by atoms with E-state index in [1.165, 1.54) is 14.2 Å². The predicted octanol–water partition coefficient (Wildman–Crippen LogP) is 3.16. The highest BCUT2D eigenvalue weighted by atomic mass is 16.5. The maximum absolute atomic E-state index is 11.8. The van der Waals surface area contributed by atoms with Gasteiger partial charge in [0.1, 0.15) is 6.04 Å². The molecule has 2 aromatic carbocycles. The number of carbonyl (C=O) groups is 2. The Bertz CT molecular complexity index is 798. The summed E-state index contributed by atoms with van der Waals surface area (Å²) in [6.45, 7) is 0. The van der Waals surface area contributed by atoms with E-state index in [0.717, 1.165) is 11.1 Å². The Hall–Kier alpha value is -3.46. The van der Waals surface area contributed by atoms with Crippen molar-refractivity contribution in [2.75, 3.05) is 14.2 Å². The van der Waals surface area contributed by atoms with Gasteiger partial charge in [-0.1, -0.05) is 60.7 Å². The van der Waals surface area contributed by atoms with E-state index in [0.29, 0.717) is 5.71 Å². The van der Waals surface area contributed by atoms with Crippen LogP contribution in [0.2, 0.25) is 0 Å². The second-order valence-electron chi connectivity index (χ2n) is 6.10. The summed E-state index contributed by atoms with van der Waals surface area (Å²) in [7, 11) is 2.53. The van der Waals surface area contributed by atoms with Crippen LogP contribution in [0, 0.1) is 17.2 Å². The standard InChI is InChI=1S/C22H22N2O4/c1-27-20(25)13-18(14-21(26)28-2)19(15-23)24-22(16-9-5-3-6-10-16)17-11-7-4-8-12-17/h3-12,18-19H,13-14H2,1-2H3. The van der Waals surface area contributed by atoms with Crippen LogP contribution in [-0.2, 0) is 19.1 Å². The number of methoxy groups -OCH3 is 2. The second-order valence-corrected chi connectivity index (χ2v) is 6.10. The third-order valence-electron chi connectivity index (χ3n) is 4.25. The summed E-state index contributed by atoms with van der Waals surface area (Å²) in [4.78, 5) is 28.3. The van der Waals surface area contributed by atoms with Crippen molar-refractivity contribution in [1.82, 2.24) is 0 Å². The van der Waals surface area contributed by atoms with Gasteiger partial charge < -0.3 is 9.47 Å². The molecule has 2 aromatic rings. The van der Waals surface area contributed by atoms with Gasteiger partial charge in [-0.2, -0.15) is 5.26 Å². The molecule has 0 aromatic heterocycles. The number of benzene rings is 2. The second kappa shape index (κ2) is 10.6. The first-order chi connectivity index (χ1) is 13.6. The Labute approximate surface area is 164 Å². The highest BCUT2D eigenvalue weighted by Gasteiger charge is 2.28. The summed E-state index contributed by atoms with van der Waals surface area (Å²) in [6.07, 6.45) is -0.214. The molecule has 0 bridgehead atoms. The van der Waals surface area contributed by atoms with Crippen LogP contribution in [0.15, 0.2) is 65.7 Å². The van der Waals surface area contributed by atoms with Gasteiger partial charge in [0, 0.05) is 17.0 Å². The highest BCUT2D eigenvalue weighted by Crippen LogP contribution is 2.21. The van der Waals surface area contributed by atoms with Crippen molar-refractivity contribution in [2.24, 2.45) is 10.9 Å². The first-order valence-electron chi connectivity index (χ1n) is 8.81. The van der Waals surface area contributed by atoms with Crippen molar-refractivity contribution in [3.63, 3.8) is 0 Å². The Morgan fingerprint density at radius 3 is 1.68 bits per heavy atom. The Morgan fingerprint density at radius 2 is 1.32 bits per heavy atom. The van der Waals surface area contributed by atoms with Crippen molar-refractivity contribution in [1.29, 1.82) is 5.26 Å². The van der Waals surface area contributed by atoms with Crippen LogP contribution in [0.5, 0.6) is 0 Å². The van der Waals surface area contributed by atoms with Gasteiger partial charge in [-0.3, -0.25) is 14.6 Å². The molecule has 0 aliphatic rings. The molecular formula is C22H22N2O4. The monoisotopic (exact) mass is 378 g/mol. The number of nitrogens with zero attached hydrogens (tertiary/aromatic N) is 2. The number of rotatable bonds is 8. The summed E-state index contributed by atoms with van der Waals surface area (Å²) in [6, 6.07) is 20.1. The van der Waals surface area contributed by atoms with Crippen LogP contribution >= 0.6 is 0 Å². The van der Waals surface area contributed by atoms with Gasteiger partial charge in [0.25, 0.3) is 0 Å². The zero-order valence-corrected chi connectivity index (χ0v) is 15.9. The van der Waals surface area contributed by atoms with Crippen LogP contribution in [0.25, 0.3) is 0 Å². The van der Waals surface area contributed by atoms with Crippen molar-refractivity contribution in [2.45, 2.75) is 18.9 Å². The van der Waals surface area contributed by atoms with Crippen molar-refractivity contribution < 1.29 is 19.1 Å². The van der Waals surface area contributed by atoms with E-state index < -0.39 is 23.9 Å². The van der Waals surface area contributed by atoms with Crippen LogP contribution in [0.4, 0.5) is 0 Å². The van der Waals surface area contributed by atoms with E-state index in [-0.39, 0.29) is 12.8 Å². The first-order valence-corrected chi connectivity index (χ1v) is 8.81. The zero-order chi connectivity index (χ0) is 20.4. The molecule has 6 nitrogen and oxygen atoms in total. The molecule has 0 heterocycles. The molecule has 0 aliphatic heterocycles. The van der Waals surface area contributed by atoms with E-state index in [2.05, 4.69) is 11.1 Å². The largest absolute Gasteiger partial charge is 0.469 e. The average molecular weight is 378 g/mol. The Balaban J connectivity index is 2.48. The molecule has 0 amide bonds.